The van der Waals surface area contributed by atoms with Crippen molar-refractivity contribution in [3.63, 3.8) is 0 Å². The molecule has 1 fully saturated rings. The summed E-state index contributed by atoms with van der Waals surface area (Å²) in [6.07, 6.45) is -0.825. The maximum Gasteiger partial charge on any atom is 0.427 e. The van der Waals surface area contributed by atoms with Crippen LogP contribution in [-0.4, -0.2) is 28.2 Å². The number of thiazole rings is 1. The molecule has 1 unspecified atom stereocenters. The molecule has 2 aromatic heterocycles. The van der Waals surface area contributed by atoms with E-state index in [4.69, 9.17) is 4.52 Å². The third-order valence-electron chi connectivity index (χ3n) is 3.60. The molecule has 2 aromatic rings. The number of hydrogen-bond donors (Lipinski definition) is 0. The standard InChI is InChI=1S/C13H15F3N4OS/c1-8-18-11(19-21-8)5-9-3-2-4-20(7-9)12-17-6-10(22-12)13(14,15)16/h6,9H,2-5,7H2,1H3. The summed E-state index contributed by atoms with van der Waals surface area (Å²) in [5, 5.41) is 4.31. The molecule has 0 radical (unpaired) electrons. The normalized spacial score (nSPS) is 19.6. The molecular weight excluding hydrogens is 317 g/mol. The Labute approximate surface area is 129 Å². The average Bonchev–Trinajstić information content (AvgIpc) is 3.08. The lowest BCUT2D eigenvalue weighted by molar-refractivity contribution is -0.134. The average molecular weight is 332 g/mol. The SMILES string of the molecule is Cc1nc(CC2CCCN(c3ncc(C(F)(F)F)s3)C2)no1. The number of aryl methyl sites for hydroxylation is 1. The van der Waals surface area contributed by atoms with Gasteiger partial charge in [0.05, 0.1) is 6.20 Å². The van der Waals surface area contributed by atoms with Gasteiger partial charge in [-0.3, -0.25) is 0 Å². The lowest BCUT2D eigenvalue weighted by Gasteiger charge is -2.32. The monoisotopic (exact) mass is 332 g/mol. The van der Waals surface area contributed by atoms with Gasteiger partial charge in [-0.2, -0.15) is 18.2 Å². The summed E-state index contributed by atoms with van der Waals surface area (Å²) in [5.74, 6) is 1.47. The number of aromatic nitrogens is 3. The Hall–Kier alpha value is -1.64. The van der Waals surface area contributed by atoms with E-state index < -0.39 is 11.1 Å². The molecule has 1 saturated heterocycles. The Balaban J connectivity index is 1.66. The highest BCUT2D eigenvalue weighted by Gasteiger charge is 2.34. The van der Waals surface area contributed by atoms with E-state index in [0.717, 1.165) is 25.6 Å². The van der Waals surface area contributed by atoms with E-state index in [1.165, 1.54) is 0 Å². The van der Waals surface area contributed by atoms with Gasteiger partial charge in [0.2, 0.25) is 5.89 Å². The van der Waals surface area contributed by atoms with Gasteiger partial charge in [0.1, 0.15) is 4.88 Å². The van der Waals surface area contributed by atoms with Gasteiger partial charge in [0, 0.05) is 26.4 Å². The summed E-state index contributed by atoms with van der Waals surface area (Å²) < 4.78 is 42.9. The molecular formula is C13H15F3N4OS. The first kappa shape index (κ1) is 15.3. The van der Waals surface area contributed by atoms with Gasteiger partial charge in [-0.05, 0) is 18.8 Å². The molecule has 0 aromatic carbocycles. The van der Waals surface area contributed by atoms with Crippen LogP contribution in [0.25, 0.3) is 0 Å². The molecule has 1 aliphatic heterocycles. The highest BCUT2D eigenvalue weighted by molar-refractivity contribution is 7.15. The van der Waals surface area contributed by atoms with Gasteiger partial charge in [-0.15, -0.1) is 0 Å². The van der Waals surface area contributed by atoms with Crippen LogP contribution in [0.1, 0.15) is 29.4 Å². The molecule has 3 rings (SSSR count). The van der Waals surface area contributed by atoms with Crippen molar-refractivity contribution in [1.82, 2.24) is 15.1 Å². The van der Waals surface area contributed by atoms with E-state index in [1.54, 1.807) is 6.92 Å². The Morgan fingerprint density at radius 3 is 2.91 bits per heavy atom. The second-order valence-corrected chi connectivity index (χ2v) is 6.40. The Kier molecular flexibility index (Phi) is 4.07. The molecule has 5 nitrogen and oxygen atoms in total. The third-order valence-corrected chi connectivity index (χ3v) is 4.71. The predicted octanol–water partition coefficient (Wildman–Crippen LogP) is 3.31. The van der Waals surface area contributed by atoms with Crippen molar-refractivity contribution in [2.75, 3.05) is 18.0 Å². The van der Waals surface area contributed by atoms with E-state index in [2.05, 4.69) is 15.1 Å². The first-order valence-corrected chi connectivity index (χ1v) is 7.80. The van der Waals surface area contributed by atoms with Crippen molar-refractivity contribution in [3.05, 3.63) is 22.8 Å². The zero-order valence-corrected chi connectivity index (χ0v) is 12.7. The molecule has 22 heavy (non-hydrogen) atoms. The molecule has 0 bridgehead atoms. The van der Waals surface area contributed by atoms with E-state index >= 15 is 0 Å². The summed E-state index contributed by atoms with van der Waals surface area (Å²) in [4.78, 5) is 9.37. The molecule has 120 valence electrons. The van der Waals surface area contributed by atoms with Crippen LogP contribution < -0.4 is 4.90 Å². The van der Waals surface area contributed by atoms with Gasteiger partial charge < -0.3 is 9.42 Å². The number of rotatable bonds is 3. The zero-order chi connectivity index (χ0) is 15.7. The summed E-state index contributed by atoms with van der Waals surface area (Å²) in [5.41, 5.74) is 0. The Morgan fingerprint density at radius 1 is 1.45 bits per heavy atom. The largest absolute Gasteiger partial charge is 0.427 e. The number of anilines is 1. The van der Waals surface area contributed by atoms with Crippen molar-refractivity contribution >= 4 is 16.5 Å². The summed E-state index contributed by atoms with van der Waals surface area (Å²) in [7, 11) is 0. The minimum Gasteiger partial charge on any atom is -0.348 e. The highest BCUT2D eigenvalue weighted by Crippen LogP contribution is 2.37. The van der Waals surface area contributed by atoms with Crippen molar-refractivity contribution in [3.8, 4) is 0 Å². The van der Waals surface area contributed by atoms with Crippen LogP contribution in [0.5, 0.6) is 0 Å². The second-order valence-electron chi connectivity index (χ2n) is 5.39. The number of nitrogens with zero attached hydrogens (tertiary/aromatic N) is 4. The number of alkyl halides is 3. The van der Waals surface area contributed by atoms with Crippen molar-refractivity contribution < 1.29 is 17.7 Å². The van der Waals surface area contributed by atoms with E-state index in [0.29, 0.717) is 47.1 Å². The molecule has 0 N–H and O–H groups in total. The smallest absolute Gasteiger partial charge is 0.348 e. The molecule has 0 aliphatic carbocycles. The third kappa shape index (κ3) is 3.40. The minimum atomic E-state index is -4.33. The van der Waals surface area contributed by atoms with Gasteiger partial charge in [-0.25, -0.2) is 4.98 Å². The van der Waals surface area contributed by atoms with Crippen molar-refractivity contribution in [1.29, 1.82) is 0 Å². The van der Waals surface area contributed by atoms with Crippen LogP contribution in [0.3, 0.4) is 0 Å². The lowest BCUT2D eigenvalue weighted by atomic mass is 9.95. The van der Waals surface area contributed by atoms with Crippen LogP contribution in [0.2, 0.25) is 0 Å². The molecule has 1 atom stereocenters. The number of piperidine rings is 1. The first-order chi connectivity index (χ1) is 10.4. The van der Waals surface area contributed by atoms with Crippen LogP contribution in [0, 0.1) is 12.8 Å². The topological polar surface area (TPSA) is 55.1 Å². The van der Waals surface area contributed by atoms with Crippen LogP contribution >= 0.6 is 11.3 Å². The molecule has 9 heteroatoms. The summed E-state index contributed by atoms with van der Waals surface area (Å²) in [6, 6.07) is 0. The number of hydrogen-bond acceptors (Lipinski definition) is 6. The Bertz CT molecular complexity index is 639. The second kappa shape index (κ2) is 5.86. The maximum atomic E-state index is 12.7. The predicted molar refractivity (Wildman–Crippen MR) is 74.8 cm³/mol. The van der Waals surface area contributed by atoms with Gasteiger partial charge in [-0.1, -0.05) is 16.5 Å². The highest BCUT2D eigenvalue weighted by atomic mass is 32.1. The van der Waals surface area contributed by atoms with Crippen molar-refractivity contribution in [2.45, 2.75) is 32.4 Å². The van der Waals surface area contributed by atoms with E-state index in [-0.39, 0.29) is 0 Å². The van der Waals surface area contributed by atoms with Crippen molar-refractivity contribution in [2.24, 2.45) is 5.92 Å². The van der Waals surface area contributed by atoms with Crippen LogP contribution in [0.4, 0.5) is 18.3 Å². The fraction of sp³-hybridized carbons (Fsp3) is 0.615. The quantitative estimate of drug-likeness (QED) is 0.863. The fourth-order valence-electron chi connectivity index (χ4n) is 2.63. The van der Waals surface area contributed by atoms with Gasteiger partial charge in [0.15, 0.2) is 11.0 Å². The first-order valence-electron chi connectivity index (χ1n) is 6.99. The molecule has 1 aliphatic rings. The molecule has 0 amide bonds. The zero-order valence-electron chi connectivity index (χ0n) is 11.9. The summed E-state index contributed by atoms with van der Waals surface area (Å²) in [6.45, 7) is 3.13. The lowest BCUT2D eigenvalue weighted by Crippen LogP contribution is -2.36. The fourth-order valence-corrected chi connectivity index (χ4v) is 3.45. The minimum absolute atomic E-state index is 0.295. The van der Waals surface area contributed by atoms with E-state index in [9.17, 15) is 13.2 Å². The number of halogens is 3. The van der Waals surface area contributed by atoms with Crippen LogP contribution in [-0.2, 0) is 12.6 Å². The molecule has 3 heterocycles. The Morgan fingerprint density at radius 2 is 2.27 bits per heavy atom. The van der Waals surface area contributed by atoms with E-state index in [1.807, 2.05) is 4.90 Å². The maximum absolute atomic E-state index is 12.7. The molecule has 0 saturated carbocycles. The van der Waals surface area contributed by atoms with Gasteiger partial charge in [0.25, 0.3) is 0 Å². The molecule has 0 spiro atoms. The summed E-state index contributed by atoms with van der Waals surface area (Å²) >= 11 is 0.699. The van der Waals surface area contributed by atoms with Crippen LogP contribution in [0.15, 0.2) is 10.7 Å². The van der Waals surface area contributed by atoms with Gasteiger partial charge >= 0.3 is 6.18 Å².